The number of halogens is 1. The lowest BCUT2D eigenvalue weighted by atomic mass is 9.97. The van der Waals surface area contributed by atoms with Crippen molar-refractivity contribution in [3.05, 3.63) is 35.1 Å². The van der Waals surface area contributed by atoms with Crippen LogP contribution in [-0.2, 0) is 16.1 Å². The molecule has 0 bridgehead atoms. The second-order valence-corrected chi connectivity index (χ2v) is 5.87. The largest absolute Gasteiger partial charge is 0.469 e. The Bertz CT molecular complexity index is 676. The summed E-state index contributed by atoms with van der Waals surface area (Å²) in [5.41, 5.74) is 0.800. The molecule has 134 valence electrons. The van der Waals surface area contributed by atoms with Gasteiger partial charge in [-0.05, 0) is 38.0 Å². The van der Waals surface area contributed by atoms with Crippen LogP contribution in [0.3, 0.4) is 0 Å². The van der Waals surface area contributed by atoms with E-state index in [-0.39, 0.29) is 24.2 Å². The number of hydrogen-bond donors (Lipinski definition) is 1. The highest BCUT2D eigenvalue weighted by Crippen LogP contribution is 2.19. The second-order valence-electron chi connectivity index (χ2n) is 5.87. The third-order valence-corrected chi connectivity index (χ3v) is 4.24. The maximum absolute atomic E-state index is 13.9. The lowest BCUT2D eigenvalue weighted by molar-refractivity contribution is -0.146. The van der Waals surface area contributed by atoms with Crippen LogP contribution in [0.1, 0.15) is 30.9 Å². The van der Waals surface area contributed by atoms with E-state index in [0.717, 1.165) is 0 Å². The highest BCUT2D eigenvalue weighted by molar-refractivity contribution is 5.80. The zero-order valence-electron chi connectivity index (χ0n) is 14.6. The van der Waals surface area contributed by atoms with Crippen LogP contribution in [-0.4, -0.2) is 43.6 Å². The highest BCUT2D eigenvalue weighted by Gasteiger charge is 2.26. The Morgan fingerprint density at radius 1 is 1.48 bits per heavy atom. The number of hydrogen-bond acceptors (Lipinski definition) is 4. The van der Waals surface area contributed by atoms with Crippen LogP contribution < -0.4 is 5.32 Å². The topological polar surface area (TPSA) is 77.7 Å². The van der Waals surface area contributed by atoms with Gasteiger partial charge in [-0.2, -0.15) is 5.26 Å². The van der Waals surface area contributed by atoms with Crippen molar-refractivity contribution in [3.63, 3.8) is 0 Å². The van der Waals surface area contributed by atoms with Crippen molar-refractivity contribution in [2.24, 2.45) is 10.9 Å². The van der Waals surface area contributed by atoms with E-state index in [1.165, 1.54) is 25.3 Å². The molecule has 1 fully saturated rings. The Kier molecular flexibility index (Phi) is 6.75. The molecule has 0 unspecified atom stereocenters. The molecule has 2 rings (SSSR count). The number of ether oxygens (including phenoxy) is 1. The Labute approximate surface area is 147 Å². The van der Waals surface area contributed by atoms with Crippen molar-refractivity contribution in [2.75, 3.05) is 26.7 Å². The number of likely N-dealkylation sites (tertiary alicyclic amines) is 1. The number of rotatable bonds is 4. The molecule has 7 heteroatoms. The van der Waals surface area contributed by atoms with Crippen LogP contribution in [0.2, 0.25) is 0 Å². The molecular weight excluding hydrogens is 323 g/mol. The highest BCUT2D eigenvalue weighted by atomic mass is 19.1. The minimum Gasteiger partial charge on any atom is -0.469 e. The summed E-state index contributed by atoms with van der Waals surface area (Å²) in [6.45, 7) is 4.18. The molecule has 0 radical (unpaired) electrons. The van der Waals surface area contributed by atoms with Crippen molar-refractivity contribution in [3.8, 4) is 6.07 Å². The first-order valence-corrected chi connectivity index (χ1v) is 8.38. The molecule has 0 aliphatic carbocycles. The molecule has 1 aliphatic heterocycles. The number of aliphatic imine (C=N–C) groups is 1. The summed E-state index contributed by atoms with van der Waals surface area (Å²) in [5.74, 6) is 0.0708. The van der Waals surface area contributed by atoms with Gasteiger partial charge in [-0.25, -0.2) is 9.38 Å². The van der Waals surface area contributed by atoms with Crippen LogP contribution in [0, 0.1) is 23.1 Å². The molecular formula is C18H23FN4O2. The van der Waals surface area contributed by atoms with Crippen molar-refractivity contribution >= 4 is 11.9 Å². The van der Waals surface area contributed by atoms with Gasteiger partial charge >= 0.3 is 5.97 Å². The minimum absolute atomic E-state index is 0.0751. The fourth-order valence-corrected chi connectivity index (χ4v) is 2.84. The van der Waals surface area contributed by atoms with E-state index in [9.17, 15) is 9.18 Å². The summed E-state index contributed by atoms with van der Waals surface area (Å²) in [4.78, 5) is 18.2. The summed E-state index contributed by atoms with van der Waals surface area (Å²) in [5, 5.41) is 12.1. The summed E-state index contributed by atoms with van der Waals surface area (Å²) < 4.78 is 18.7. The van der Waals surface area contributed by atoms with Gasteiger partial charge in [-0.3, -0.25) is 4.79 Å². The molecule has 1 N–H and O–H groups in total. The van der Waals surface area contributed by atoms with E-state index >= 15 is 0 Å². The molecule has 0 saturated carbocycles. The van der Waals surface area contributed by atoms with Gasteiger partial charge in [0.2, 0.25) is 0 Å². The van der Waals surface area contributed by atoms with Gasteiger partial charge in [0, 0.05) is 25.2 Å². The standard InChI is InChI=1S/C18H23FN4O2/c1-3-21-18(23-8-6-14(7-9-23)17(24)25-2)22-12-15-10-13(11-20)4-5-16(15)19/h4-5,10,14H,3,6-9,12H2,1-2H3,(H,21,22). The first-order valence-electron chi connectivity index (χ1n) is 8.38. The van der Waals surface area contributed by atoms with Crippen LogP contribution in [0.25, 0.3) is 0 Å². The van der Waals surface area contributed by atoms with Crippen molar-refractivity contribution in [1.29, 1.82) is 5.26 Å². The summed E-state index contributed by atoms with van der Waals surface area (Å²) in [6, 6.07) is 6.27. The van der Waals surface area contributed by atoms with Crippen molar-refractivity contribution in [1.82, 2.24) is 10.2 Å². The molecule has 1 aromatic carbocycles. The third kappa shape index (κ3) is 4.92. The molecule has 1 heterocycles. The molecule has 0 atom stereocenters. The third-order valence-electron chi connectivity index (χ3n) is 4.24. The smallest absolute Gasteiger partial charge is 0.308 e. The SMILES string of the molecule is CCNC(=NCc1cc(C#N)ccc1F)N1CCC(C(=O)OC)CC1. The van der Waals surface area contributed by atoms with Gasteiger partial charge in [-0.1, -0.05) is 0 Å². The van der Waals surface area contributed by atoms with Crippen LogP contribution in [0.4, 0.5) is 4.39 Å². The predicted octanol–water partition coefficient (Wildman–Crippen LogP) is 2.05. The zero-order valence-corrected chi connectivity index (χ0v) is 14.6. The van der Waals surface area contributed by atoms with Gasteiger partial charge in [0.15, 0.2) is 5.96 Å². The predicted molar refractivity (Wildman–Crippen MR) is 92.2 cm³/mol. The number of esters is 1. The van der Waals surface area contributed by atoms with E-state index in [1.54, 1.807) is 0 Å². The lowest BCUT2D eigenvalue weighted by Gasteiger charge is -2.33. The molecule has 0 amide bonds. The van der Waals surface area contributed by atoms with E-state index < -0.39 is 0 Å². The van der Waals surface area contributed by atoms with E-state index in [4.69, 9.17) is 10.00 Å². The average Bonchev–Trinajstić information content (AvgIpc) is 2.65. The minimum atomic E-state index is -0.372. The second kappa shape index (κ2) is 9.02. The fourth-order valence-electron chi connectivity index (χ4n) is 2.84. The Hall–Kier alpha value is -2.62. The first kappa shape index (κ1) is 18.7. The first-order chi connectivity index (χ1) is 12.1. The summed E-state index contributed by atoms with van der Waals surface area (Å²) in [6.07, 6.45) is 1.41. The quantitative estimate of drug-likeness (QED) is 0.513. The molecule has 1 saturated heterocycles. The van der Waals surface area contributed by atoms with E-state index in [2.05, 4.69) is 15.2 Å². The molecule has 6 nitrogen and oxygen atoms in total. The monoisotopic (exact) mass is 346 g/mol. The normalized spacial score (nSPS) is 15.6. The number of nitriles is 1. The number of nitrogens with zero attached hydrogens (tertiary/aromatic N) is 3. The van der Waals surface area contributed by atoms with Crippen LogP contribution in [0.5, 0.6) is 0 Å². The summed E-state index contributed by atoms with van der Waals surface area (Å²) >= 11 is 0. The van der Waals surface area contributed by atoms with Gasteiger partial charge in [-0.15, -0.1) is 0 Å². The summed E-state index contributed by atoms with van der Waals surface area (Å²) in [7, 11) is 1.41. The average molecular weight is 346 g/mol. The number of carbonyl (C=O) groups is 1. The molecule has 0 aromatic heterocycles. The molecule has 0 spiro atoms. The van der Waals surface area contributed by atoms with Gasteiger partial charge < -0.3 is 15.0 Å². The number of piperidine rings is 1. The van der Waals surface area contributed by atoms with Crippen molar-refractivity contribution in [2.45, 2.75) is 26.3 Å². The van der Waals surface area contributed by atoms with E-state index in [1.807, 2.05) is 13.0 Å². The fraction of sp³-hybridized carbons (Fsp3) is 0.500. The number of methoxy groups -OCH3 is 1. The van der Waals surface area contributed by atoms with Crippen LogP contribution >= 0.6 is 0 Å². The number of guanidine groups is 1. The molecule has 1 aliphatic rings. The van der Waals surface area contributed by atoms with Gasteiger partial charge in [0.05, 0.1) is 31.2 Å². The number of carbonyl (C=O) groups excluding carboxylic acids is 1. The van der Waals surface area contributed by atoms with Gasteiger partial charge in [0.1, 0.15) is 5.82 Å². The Morgan fingerprint density at radius 3 is 2.80 bits per heavy atom. The van der Waals surface area contributed by atoms with Crippen LogP contribution in [0.15, 0.2) is 23.2 Å². The van der Waals surface area contributed by atoms with Gasteiger partial charge in [0.25, 0.3) is 0 Å². The maximum Gasteiger partial charge on any atom is 0.308 e. The number of nitrogens with one attached hydrogen (secondary N) is 1. The molecule has 1 aromatic rings. The van der Waals surface area contributed by atoms with E-state index in [0.29, 0.717) is 49.6 Å². The zero-order chi connectivity index (χ0) is 18.2. The molecule has 25 heavy (non-hydrogen) atoms. The number of benzene rings is 1. The lowest BCUT2D eigenvalue weighted by Crippen LogP contribution is -2.46. The van der Waals surface area contributed by atoms with Crippen molar-refractivity contribution < 1.29 is 13.9 Å². The Morgan fingerprint density at radius 2 is 2.20 bits per heavy atom. The Balaban J connectivity index is 2.07. The maximum atomic E-state index is 13.9.